The Balaban J connectivity index is 1.16. The van der Waals surface area contributed by atoms with Crippen LogP contribution in [0.5, 0.6) is 0 Å². The highest BCUT2D eigenvalue weighted by Gasteiger charge is 2.27. The van der Waals surface area contributed by atoms with Crippen LogP contribution in [0.3, 0.4) is 0 Å². The first-order chi connectivity index (χ1) is 37.3. The Morgan fingerprint density at radius 1 is 0.303 bits per heavy atom. The van der Waals surface area contributed by atoms with E-state index in [0.717, 1.165) is 23.7 Å². The molecule has 8 heterocycles. The molecule has 10 aromatic rings. The smallest absolute Gasteiger partial charge is 0.0456 e. The van der Waals surface area contributed by atoms with Crippen molar-refractivity contribution in [1.82, 2.24) is 0 Å². The van der Waals surface area contributed by atoms with Gasteiger partial charge in [-0.05, 0) is 133 Å². The quantitative estimate of drug-likeness (QED) is 0.0438. The minimum Gasteiger partial charge on any atom is -0.143 e. The van der Waals surface area contributed by atoms with Crippen LogP contribution in [0.2, 0.25) is 0 Å². The molecule has 0 N–H and O–H groups in total. The summed E-state index contributed by atoms with van der Waals surface area (Å²) in [6.45, 7) is 18.9. The Labute approximate surface area is 488 Å². The predicted octanol–water partition coefficient (Wildman–Crippen LogP) is 26.2. The van der Waals surface area contributed by atoms with E-state index in [2.05, 4.69) is 207 Å². The van der Waals surface area contributed by atoms with Crippen LogP contribution < -0.4 is 0 Å². The number of unbranched alkanes of at least 4 members (excludes halogenated alkanes) is 4. The van der Waals surface area contributed by atoms with Crippen LogP contribution in [0.4, 0.5) is 0 Å². The van der Waals surface area contributed by atoms with Gasteiger partial charge in [-0.2, -0.15) is 0 Å². The number of hydrogen-bond acceptors (Lipinski definition) is 8. The fourth-order valence-corrected chi connectivity index (χ4v) is 21.5. The second kappa shape index (κ2) is 26.6. The molecule has 4 atom stereocenters. The molecular formula is C68H82S8. The van der Waals surface area contributed by atoms with Crippen molar-refractivity contribution >= 4 is 131 Å². The van der Waals surface area contributed by atoms with Crippen molar-refractivity contribution in [2.75, 3.05) is 0 Å². The molecule has 0 amide bonds. The third kappa shape index (κ3) is 12.2. The summed E-state index contributed by atoms with van der Waals surface area (Å²) in [6, 6.07) is 30.0. The average Bonchev–Trinajstić information content (AvgIpc) is 4.37. The zero-order valence-corrected chi connectivity index (χ0v) is 53.3. The van der Waals surface area contributed by atoms with E-state index < -0.39 is 0 Å². The van der Waals surface area contributed by atoms with Gasteiger partial charge in [0.1, 0.15) is 0 Å². The monoisotopic (exact) mass is 1150 g/mol. The maximum atomic E-state index is 2.64. The van der Waals surface area contributed by atoms with Crippen molar-refractivity contribution in [3.8, 4) is 51.5 Å². The number of benzene rings is 2. The van der Waals surface area contributed by atoms with Gasteiger partial charge in [0.15, 0.2) is 0 Å². The van der Waals surface area contributed by atoms with Gasteiger partial charge in [-0.3, -0.25) is 0 Å². The van der Waals surface area contributed by atoms with Gasteiger partial charge in [-0.15, -0.1) is 90.7 Å². The summed E-state index contributed by atoms with van der Waals surface area (Å²) < 4.78 is 5.81. The molecule has 0 nitrogen and oxygen atoms in total. The van der Waals surface area contributed by atoms with E-state index in [4.69, 9.17) is 0 Å². The first-order valence-electron chi connectivity index (χ1n) is 29.6. The van der Waals surface area contributed by atoms with Gasteiger partial charge in [-0.1, -0.05) is 158 Å². The van der Waals surface area contributed by atoms with E-state index >= 15 is 0 Å². The lowest BCUT2D eigenvalue weighted by Gasteiger charge is -2.13. The van der Waals surface area contributed by atoms with Gasteiger partial charge in [0, 0.05) is 111 Å². The van der Waals surface area contributed by atoms with Crippen LogP contribution in [0, 0.1) is 23.7 Å². The summed E-state index contributed by atoms with van der Waals surface area (Å²) in [5.41, 5.74) is 5.83. The molecule has 8 heteroatoms. The Morgan fingerprint density at radius 2 is 0.592 bits per heavy atom. The van der Waals surface area contributed by atoms with Gasteiger partial charge in [0.25, 0.3) is 0 Å². The first kappa shape index (κ1) is 56.4. The zero-order valence-electron chi connectivity index (χ0n) is 46.8. The second-order valence-corrected chi connectivity index (χ2v) is 30.7. The SMILES string of the molecule is CCCCC(CC)Cc1ccc(-c2c3cc(-c4cc5c(-c6ccc(CC(CC)CCCC)s6)c6sccc6c(-c6ccc(CC(CC)CCCC)s6)c5s4)sc3c(-c3ccc(CC(CC)CCCC)s3)c3ccsc23)s1. The van der Waals surface area contributed by atoms with Crippen LogP contribution in [0.25, 0.3) is 91.9 Å². The lowest BCUT2D eigenvalue weighted by Crippen LogP contribution is -2.01. The number of thiophene rings is 8. The number of rotatable bonds is 29. The molecule has 8 aromatic heterocycles. The van der Waals surface area contributed by atoms with E-state index in [9.17, 15) is 0 Å². The fourth-order valence-electron chi connectivity index (χ4n) is 12.0. The Kier molecular flexibility index (Phi) is 19.7. The number of fused-ring (bicyclic) bond motifs is 4. The molecule has 0 aliphatic heterocycles. The summed E-state index contributed by atoms with van der Waals surface area (Å²) in [7, 11) is 0. The van der Waals surface area contributed by atoms with Gasteiger partial charge in [-0.25, -0.2) is 0 Å². The topological polar surface area (TPSA) is 0 Å². The molecule has 0 saturated carbocycles. The van der Waals surface area contributed by atoms with E-state index in [0.29, 0.717) is 0 Å². The lowest BCUT2D eigenvalue weighted by atomic mass is 9.95. The van der Waals surface area contributed by atoms with E-state index in [-0.39, 0.29) is 0 Å². The summed E-state index contributed by atoms with van der Waals surface area (Å²) >= 11 is 16.3. The number of hydrogen-bond donors (Lipinski definition) is 0. The van der Waals surface area contributed by atoms with Crippen molar-refractivity contribution in [1.29, 1.82) is 0 Å². The predicted molar refractivity (Wildman–Crippen MR) is 355 cm³/mol. The van der Waals surface area contributed by atoms with Crippen LogP contribution in [-0.2, 0) is 25.7 Å². The molecule has 402 valence electrons. The summed E-state index contributed by atoms with van der Waals surface area (Å²) in [5.74, 6) is 3.01. The molecule has 2 aromatic carbocycles. The summed E-state index contributed by atoms with van der Waals surface area (Å²) in [4.78, 5) is 14.7. The van der Waals surface area contributed by atoms with Gasteiger partial charge in [0.2, 0.25) is 0 Å². The van der Waals surface area contributed by atoms with Crippen molar-refractivity contribution in [3.05, 3.63) is 103 Å². The van der Waals surface area contributed by atoms with Crippen molar-refractivity contribution in [2.24, 2.45) is 23.7 Å². The molecule has 0 fully saturated rings. The zero-order chi connectivity index (χ0) is 52.7. The molecule has 0 aliphatic rings. The molecule has 0 saturated heterocycles. The fraction of sp³-hybridized carbons (Fsp3) is 0.471. The minimum absolute atomic E-state index is 0.753. The molecule has 0 radical (unpaired) electrons. The Bertz CT molecular complexity index is 2990. The second-order valence-electron chi connectivity index (χ2n) is 22.1. The van der Waals surface area contributed by atoms with Crippen LogP contribution in [-0.4, -0.2) is 0 Å². The molecule has 10 rings (SSSR count). The Morgan fingerprint density at radius 3 is 0.868 bits per heavy atom. The minimum atomic E-state index is 0.753. The van der Waals surface area contributed by atoms with Crippen LogP contribution in [0.15, 0.2) is 83.6 Å². The van der Waals surface area contributed by atoms with Crippen molar-refractivity contribution in [2.45, 2.75) is 184 Å². The molecule has 4 unspecified atom stereocenters. The highest BCUT2D eigenvalue weighted by atomic mass is 32.1. The van der Waals surface area contributed by atoms with Crippen LogP contribution >= 0.6 is 90.7 Å². The largest absolute Gasteiger partial charge is 0.143 e. The van der Waals surface area contributed by atoms with E-state index in [1.54, 1.807) is 19.5 Å². The lowest BCUT2D eigenvalue weighted by molar-refractivity contribution is 0.452. The standard InChI is InChI=1S/C68H82S8/c1-9-17-21-43(13-5)37-47-25-29-55(71-47)61-51-33-35-69-65(51)63(57-31-27-49(73-57)39-45(15-7)23-19-11-3)53-41-59(75-67(53)61)60-42-54-64(58-32-28-50(74-58)40-46(16-8)24-20-12-4)66-52(34-36-70-66)62(68(54)76-60)56-30-26-48(72-56)38-44(14-6)22-18-10-2/h25-36,41-46H,9-24,37-40H2,1-8H3. The van der Waals surface area contributed by atoms with Crippen molar-refractivity contribution < 1.29 is 0 Å². The van der Waals surface area contributed by atoms with E-state index in [1.165, 1.54) is 220 Å². The summed E-state index contributed by atoms with van der Waals surface area (Å²) in [5, 5.41) is 10.5. The molecule has 76 heavy (non-hydrogen) atoms. The highest BCUT2D eigenvalue weighted by Crippen LogP contribution is 2.56. The van der Waals surface area contributed by atoms with Gasteiger partial charge < -0.3 is 0 Å². The van der Waals surface area contributed by atoms with E-state index in [1.807, 2.05) is 22.7 Å². The molecule has 0 spiro atoms. The molecular weight excluding hydrogens is 1070 g/mol. The average molecular weight is 1160 g/mol. The third-order valence-electron chi connectivity index (χ3n) is 16.8. The normalized spacial score (nSPS) is 13.8. The third-order valence-corrected chi connectivity index (χ3v) is 25.7. The van der Waals surface area contributed by atoms with Gasteiger partial charge >= 0.3 is 0 Å². The van der Waals surface area contributed by atoms with Crippen molar-refractivity contribution in [3.63, 3.8) is 0 Å². The van der Waals surface area contributed by atoms with Crippen LogP contribution in [0.1, 0.15) is 178 Å². The maximum absolute atomic E-state index is 2.64. The van der Waals surface area contributed by atoms with Gasteiger partial charge in [0.05, 0.1) is 0 Å². The Hall–Kier alpha value is -2.92. The molecule has 0 bridgehead atoms. The molecule has 0 aliphatic carbocycles. The summed E-state index contributed by atoms with van der Waals surface area (Å²) in [6.07, 6.45) is 25.5. The first-order valence-corrected chi connectivity index (χ1v) is 36.2. The highest BCUT2D eigenvalue weighted by molar-refractivity contribution is 7.30. The maximum Gasteiger partial charge on any atom is 0.0456 e.